The summed E-state index contributed by atoms with van der Waals surface area (Å²) in [7, 11) is 0. The Labute approximate surface area is 95.3 Å². The van der Waals surface area contributed by atoms with Crippen molar-refractivity contribution in [3.05, 3.63) is 29.6 Å². The van der Waals surface area contributed by atoms with Gasteiger partial charge in [-0.2, -0.15) is 13.2 Å². The second-order valence-electron chi connectivity index (χ2n) is 4.16. The summed E-state index contributed by atoms with van der Waals surface area (Å²) in [5.41, 5.74) is -2.51. The molecule has 1 aliphatic carbocycles. The van der Waals surface area contributed by atoms with Crippen LogP contribution in [0.15, 0.2) is 18.5 Å². The molecule has 1 aromatic heterocycles. The van der Waals surface area contributed by atoms with E-state index < -0.39 is 23.1 Å². The monoisotopic (exact) mass is 245 g/mol. The molecule has 0 aliphatic heterocycles. The van der Waals surface area contributed by atoms with Crippen LogP contribution in [0.3, 0.4) is 0 Å². The minimum atomic E-state index is -4.55. The van der Waals surface area contributed by atoms with Gasteiger partial charge in [0.2, 0.25) is 0 Å². The molecule has 0 amide bonds. The maximum Gasteiger partial charge on any atom is 0.416 e. The summed E-state index contributed by atoms with van der Waals surface area (Å²) in [4.78, 5) is 14.8. The van der Waals surface area contributed by atoms with Crippen LogP contribution in [0, 0.1) is 0 Å². The first kappa shape index (κ1) is 11.9. The van der Waals surface area contributed by atoms with Crippen molar-refractivity contribution in [3.63, 3.8) is 0 Å². The van der Waals surface area contributed by atoms with Gasteiger partial charge in [0.1, 0.15) is 0 Å². The maximum atomic E-state index is 12.8. The fourth-order valence-electron chi connectivity index (χ4n) is 2.15. The molecule has 0 saturated heterocycles. The summed E-state index contributed by atoms with van der Waals surface area (Å²) in [5.74, 6) is -1.21. The number of hydrogen-bond donors (Lipinski definition) is 1. The summed E-state index contributed by atoms with van der Waals surface area (Å²) in [6, 6.07) is 0.832. The van der Waals surface area contributed by atoms with E-state index in [1.807, 2.05) is 0 Å². The molecule has 2 rings (SSSR count). The Balaban J connectivity index is 2.56. The summed E-state index contributed by atoms with van der Waals surface area (Å²) in [5, 5.41) is 9.13. The van der Waals surface area contributed by atoms with E-state index in [1.54, 1.807) is 0 Å². The number of carbonyl (C=O) groups is 1. The Morgan fingerprint density at radius 1 is 1.41 bits per heavy atom. The van der Waals surface area contributed by atoms with Gasteiger partial charge in [-0.05, 0) is 24.5 Å². The molecular formula is C11H10F3NO2. The molecule has 1 aliphatic rings. The summed E-state index contributed by atoms with van der Waals surface area (Å²) < 4.78 is 38.3. The van der Waals surface area contributed by atoms with E-state index in [0.29, 0.717) is 6.42 Å². The highest BCUT2D eigenvalue weighted by Gasteiger charge is 2.50. The molecule has 1 heterocycles. The average molecular weight is 245 g/mol. The Morgan fingerprint density at radius 3 is 2.47 bits per heavy atom. The third-order valence-corrected chi connectivity index (χ3v) is 3.26. The molecule has 0 radical (unpaired) electrons. The van der Waals surface area contributed by atoms with E-state index in [0.717, 1.165) is 18.5 Å². The molecule has 1 aromatic rings. The first-order valence-corrected chi connectivity index (χ1v) is 5.13. The van der Waals surface area contributed by atoms with Gasteiger partial charge < -0.3 is 5.11 Å². The molecule has 3 nitrogen and oxygen atoms in total. The number of aliphatic carboxylic acids is 1. The highest BCUT2D eigenvalue weighted by atomic mass is 19.4. The molecule has 0 bridgehead atoms. The molecule has 1 saturated carbocycles. The molecule has 0 spiro atoms. The van der Waals surface area contributed by atoms with Crippen LogP contribution in [0.4, 0.5) is 13.2 Å². The molecule has 0 aromatic carbocycles. The van der Waals surface area contributed by atoms with Crippen LogP contribution in [0.5, 0.6) is 0 Å². The predicted octanol–water partition coefficient (Wildman–Crippen LogP) is 2.61. The highest BCUT2D eigenvalue weighted by molar-refractivity contribution is 5.83. The van der Waals surface area contributed by atoms with Gasteiger partial charge in [0.05, 0.1) is 11.0 Å². The van der Waals surface area contributed by atoms with Crippen molar-refractivity contribution in [1.29, 1.82) is 0 Å². The molecule has 92 valence electrons. The third kappa shape index (κ3) is 1.77. The average Bonchev–Trinajstić information content (AvgIpc) is 2.14. The maximum absolute atomic E-state index is 12.8. The van der Waals surface area contributed by atoms with Crippen LogP contribution in [-0.4, -0.2) is 16.1 Å². The van der Waals surface area contributed by atoms with Gasteiger partial charge >= 0.3 is 12.1 Å². The summed E-state index contributed by atoms with van der Waals surface area (Å²) >= 11 is 0. The van der Waals surface area contributed by atoms with Gasteiger partial charge in [-0.1, -0.05) is 6.42 Å². The molecule has 1 N–H and O–H groups in total. The lowest BCUT2D eigenvalue weighted by molar-refractivity contribution is -0.149. The van der Waals surface area contributed by atoms with Crippen molar-refractivity contribution >= 4 is 5.97 Å². The van der Waals surface area contributed by atoms with Gasteiger partial charge in [0.15, 0.2) is 0 Å². The highest BCUT2D eigenvalue weighted by Crippen LogP contribution is 2.47. The largest absolute Gasteiger partial charge is 0.481 e. The molecular weight excluding hydrogens is 235 g/mol. The van der Waals surface area contributed by atoms with E-state index in [-0.39, 0.29) is 18.4 Å². The SMILES string of the molecule is O=C(O)C1(c2cnccc2C(F)(F)F)CCC1. The van der Waals surface area contributed by atoms with E-state index in [4.69, 9.17) is 5.11 Å². The van der Waals surface area contributed by atoms with E-state index in [1.165, 1.54) is 0 Å². The third-order valence-electron chi connectivity index (χ3n) is 3.26. The number of carboxylic acid groups (broad SMARTS) is 1. The van der Waals surface area contributed by atoms with Crippen molar-refractivity contribution in [3.8, 4) is 0 Å². The van der Waals surface area contributed by atoms with Crippen molar-refractivity contribution in [2.24, 2.45) is 0 Å². The fourth-order valence-corrected chi connectivity index (χ4v) is 2.15. The van der Waals surface area contributed by atoms with E-state index in [2.05, 4.69) is 4.98 Å². The summed E-state index contributed by atoms with van der Waals surface area (Å²) in [6.45, 7) is 0. The van der Waals surface area contributed by atoms with Crippen LogP contribution in [0.2, 0.25) is 0 Å². The van der Waals surface area contributed by atoms with Crippen LogP contribution in [-0.2, 0) is 16.4 Å². The predicted molar refractivity (Wildman–Crippen MR) is 52.4 cm³/mol. The molecule has 17 heavy (non-hydrogen) atoms. The zero-order valence-electron chi connectivity index (χ0n) is 8.79. The minimum absolute atomic E-state index is 0.216. The van der Waals surface area contributed by atoms with Crippen molar-refractivity contribution < 1.29 is 23.1 Å². The van der Waals surface area contributed by atoms with Gasteiger partial charge in [0.25, 0.3) is 0 Å². The Kier molecular flexibility index (Phi) is 2.60. The smallest absolute Gasteiger partial charge is 0.416 e. The molecule has 6 heteroatoms. The van der Waals surface area contributed by atoms with Gasteiger partial charge in [0, 0.05) is 12.4 Å². The van der Waals surface area contributed by atoms with E-state index >= 15 is 0 Å². The lowest BCUT2D eigenvalue weighted by atomic mass is 9.64. The first-order valence-electron chi connectivity index (χ1n) is 5.13. The second kappa shape index (κ2) is 3.72. The number of halogens is 3. The standard InChI is InChI=1S/C11H10F3NO2/c12-11(13,14)7-2-5-15-6-8(7)10(9(16)17)3-1-4-10/h2,5-6H,1,3-4H2,(H,16,17). The van der Waals surface area contributed by atoms with Gasteiger partial charge in [-0.25, -0.2) is 0 Å². The van der Waals surface area contributed by atoms with Crippen molar-refractivity contribution in [2.75, 3.05) is 0 Å². The number of nitrogens with zero attached hydrogens (tertiary/aromatic N) is 1. The number of aromatic nitrogens is 1. The lowest BCUT2D eigenvalue weighted by Gasteiger charge is -2.39. The van der Waals surface area contributed by atoms with Crippen LogP contribution in [0.1, 0.15) is 30.4 Å². The Hall–Kier alpha value is -1.59. The fraction of sp³-hybridized carbons (Fsp3) is 0.455. The number of pyridine rings is 1. The van der Waals surface area contributed by atoms with Gasteiger partial charge in [-0.3, -0.25) is 9.78 Å². The Bertz CT molecular complexity index is 452. The van der Waals surface area contributed by atoms with Crippen molar-refractivity contribution in [1.82, 2.24) is 4.98 Å². The van der Waals surface area contributed by atoms with Crippen LogP contribution >= 0.6 is 0 Å². The van der Waals surface area contributed by atoms with Crippen LogP contribution in [0.25, 0.3) is 0 Å². The number of hydrogen-bond acceptors (Lipinski definition) is 2. The first-order chi connectivity index (χ1) is 7.88. The molecule has 0 unspecified atom stereocenters. The number of carboxylic acids is 1. The number of rotatable bonds is 2. The minimum Gasteiger partial charge on any atom is -0.481 e. The molecule has 1 fully saturated rings. The lowest BCUT2D eigenvalue weighted by Crippen LogP contribution is -2.43. The zero-order chi connectivity index (χ0) is 12.7. The topological polar surface area (TPSA) is 50.2 Å². The summed E-state index contributed by atoms with van der Waals surface area (Å²) in [6.07, 6.45) is -1.40. The number of alkyl halides is 3. The second-order valence-corrected chi connectivity index (χ2v) is 4.16. The van der Waals surface area contributed by atoms with Gasteiger partial charge in [-0.15, -0.1) is 0 Å². The Morgan fingerprint density at radius 2 is 2.06 bits per heavy atom. The zero-order valence-corrected chi connectivity index (χ0v) is 8.79. The van der Waals surface area contributed by atoms with E-state index in [9.17, 15) is 18.0 Å². The quantitative estimate of drug-likeness (QED) is 0.871. The molecule has 0 atom stereocenters. The van der Waals surface area contributed by atoms with Crippen LogP contribution < -0.4 is 0 Å². The normalized spacial score (nSPS) is 18.5. The van der Waals surface area contributed by atoms with Crippen molar-refractivity contribution in [2.45, 2.75) is 30.9 Å².